The summed E-state index contributed by atoms with van der Waals surface area (Å²) in [4.78, 5) is 0. The first-order valence-electron chi connectivity index (χ1n) is 2.64. The van der Waals surface area contributed by atoms with Gasteiger partial charge in [0.25, 0.3) is 0 Å². The molecule has 0 aliphatic heterocycles. The van der Waals surface area contributed by atoms with Crippen LogP contribution in [-0.4, -0.2) is 33.8 Å². The van der Waals surface area contributed by atoms with E-state index in [1.165, 1.54) is 35.4 Å². The van der Waals surface area contributed by atoms with Crippen LogP contribution in [0.1, 0.15) is 19.8 Å². The standard InChI is InChI=1S/C5H11O.Sn/c1-3-4-5-6-2;/h2-5H2,1H3;. The summed E-state index contributed by atoms with van der Waals surface area (Å²) < 4.78 is 6.06. The molecule has 0 aliphatic carbocycles. The Labute approximate surface area is 58.5 Å². The maximum absolute atomic E-state index is 5.11. The fraction of sp³-hybridized carbons (Fsp3) is 1.00. The minimum atomic E-state index is 0.951. The molecular weight excluding hydrogens is 195 g/mol. The van der Waals surface area contributed by atoms with Gasteiger partial charge in [0.1, 0.15) is 0 Å². The van der Waals surface area contributed by atoms with E-state index in [0.717, 1.165) is 11.2 Å². The molecule has 41 valence electrons. The number of unbranched alkanes of at least 4 members (excludes halogenated alkanes) is 1. The average Bonchev–Trinajstić information content (AvgIpc) is 1.69. The Bertz CT molecular complexity index is 27.3. The zero-order chi connectivity index (χ0) is 5.54. The van der Waals surface area contributed by atoms with E-state index in [2.05, 4.69) is 6.92 Å². The van der Waals surface area contributed by atoms with Crippen LogP contribution >= 0.6 is 0 Å². The van der Waals surface area contributed by atoms with Crippen molar-refractivity contribution < 1.29 is 4.74 Å². The summed E-state index contributed by atoms with van der Waals surface area (Å²) in [5.41, 5.74) is 0. The van der Waals surface area contributed by atoms with Crippen molar-refractivity contribution in [2.24, 2.45) is 0 Å². The number of ether oxygens (including phenoxy) is 1. The first-order chi connectivity index (χ1) is 3.41. The van der Waals surface area contributed by atoms with E-state index in [-0.39, 0.29) is 0 Å². The van der Waals surface area contributed by atoms with Crippen LogP contribution in [0.3, 0.4) is 0 Å². The zero-order valence-electron chi connectivity index (χ0n) is 4.74. The van der Waals surface area contributed by atoms with Gasteiger partial charge in [-0.1, -0.05) is 0 Å². The van der Waals surface area contributed by atoms with E-state index < -0.39 is 0 Å². The van der Waals surface area contributed by atoms with Crippen LogP contribution in [0.5, 0.6) is 0 Å². The molecule has 7 heavy (non-hydrogen) atoms. The van der Waals surface area contributed by atoms with Crippen LogP contribution in [0.25, 0.3) is 0 Å². The predicted molar refractivity (Wildman–Crippen MR) is 31.5 cm³/mol. The zero-order valence-corrected chi connectivity index (χ0v) is 7.59. The van der Waals surface area contributed by atoms with Gasteiger partial charge in [-0.2, -0.15) is 0 Å². The van der Waals surface area contributed by atoms with Crippen LogP contribution in [0.15, 0.2) is 0 Å². The molecule has 0 heterocycles. The average molecular weight is 206 g/mol. The second-order valence-electron chi connectivity index (χ2n) is 1.41. The van der Waals surface area contributed by atoms with E-state index in [0.29, 0.717) is 0 Å². The maximum atomic E-state index is 5.11. The van der Waals surface area contributed by atoms with Gasteiger partial charge >= 0.3 is 58.3 Å². The van der Waals surface area contributed by atoms with Crippen molar-refractivity contribution in [3.05, 3.63) is 0 Å². The van der Waals surface area contributed by atoms with Gasteiger partial charge in [0.05, 0.1) is 0 Å². The molecule has 2 heteroatoms. The topological polar surface area (TPSA) is 9.23 Å². The molecule has 0 aliphatic rings. The molecule has 0 spiro atoms. The third kappa shape index (κ3) is 6.76. The van der Waals surface area contributed by atoms with Gasteiger partial charge in [-0.3, -0.25) is 0 Å². The summed E-state index contributed by atoms with van der Waals surface area (Å²) in [6.45, 7) is 3.13. The van der Waals surface area contributed by atoms with Gasteiger partial charge < -0.3 is 0 Å². The van der Waals surface area contributed by atoms with Crippen LogP contribution in [0.2, 0.25) is 0 Å². The number of hydrogen-bond acceptors (Lipinski definition) is 1. The Morgan fingerprint density at radius 3 is 2.71 bits per heavy atom. The van der Waals surface area contributed by atoms with Crippen molar-refractivity contribution in [2.45, 2.75) is 19.8 Å². The summed E-state index contributed by atoms with van der Waals surface area (Å²) in [5.74, 6) is 0. The molecule has 1 nitrogen and oxygen atoms in total. The van der Waals surface area contributed by atoms with Crippen molar-refractivity contribution in [3.8, 4) is 0 Å². The molecule has 0 aromatic carbocycles. The number of rotatable bonds is 4. The Morgan fingerprint density at radius 2 is 2.29 bits per heavy atom. The van der Waals surface area contributed by atoms with E-state index in [9.17, 15) is 0 Å². The van der Waals surface area contributed by atoms with Crippen LogP contribution in [0.4, 0.5) is 0 Å². The van der Waals surface area contributed by atoms with E-state index in [1.807, 2.05) is 0 Å². The first kappa shape index (κ1) is 7.76. The molecule has 0 fully saturated rings. The Balaban J connectivity index is 2.45. The molecule has 0 bridgehead atoms. The summed E-state index contributed by atoms with van der Waals surface area (Å²) in [6, 6.07) is 0. The van der Waals surface area contributed by atoms with Gasteiger partial charge in [-0.15, -0.1) is 0 Å². The summed E-state index contributed by atoms with van der Waals surface area (Å²) in [7, 11) is 0. The Kier molecular flexibility index (Phi) is 7.49. The monoisotopic (exact) mass is 207 g/mol. The van der Waals surface area contributed by atoms with Crippen molar-refractivity contribution >= 4 is 22.5 Å². The fourth-order valence-corrected chi connectivity index (χ4v) is 0.731. The predicted octanol–water partition coefficient (Wildman–Crippen LogP) is 0.929. The van der Waals surface area contributed by atoms with E-state index in [4.69, 9.17) is 4.74 Å². The van der Waals surface area contributed by atoms with Crippen LogP contribution < -0.4 is 0 Å². The van der Waals surface area contributed by atoms with Gasteiger partial charge in [-0.25, -0.2) is 0 Å². The van der Waals surface area contributed by atoms with Crippen molar-refractivity contribution in [3.63, 3.8) is 0 Å². The minimum absolute atomic E-state index is 0.951. The second-order valence-corrected chi connectivity index (χ2v) is 2.23. The molecule has 0 aromatic heterocycles. The quantitative estimate of drug-likeness (QED) is 0.490. The Morgan fingerprint density at radius 1 is 1.57 bits per heavy atom. The van der Waals surface area contributed by atoms with Crippen molar-refractivity contribution in [1.82, 2.24) is 0 Å². The molecule has 0 unspecified atom stereocenters. The van der Waals surface area contributed by atoms with Gasteiger partial charge in [-0.05, 0) is 0 Å². The molecule has 3 radical (unpaired) electrons. The molecule has 0 rings (SSSR count). The third-order valence-corrected chi connectivity index (χ3v) is 1.33. The first-order valence-corrected chi connectivity index (χ1v) is 4.66. The summed E-state index contributed by atoms with van der Waals surface area (Å²) in [6.07, 6.45) is 2.46. The van der Waals surface area contributed by atoms with E-state index >= 15 is 0 Å². The van der Waals surface area contributed by atoms with Gasteiger partial charge in [0.2, 0.25) is 0 Å². The van der Waals surface area contributed by atoms with Gasteiger partial charge in [0, 0.05) is 0 Å². The summed E-state index contributed by atoms with van der Waals surface area (Å²) >= 11 is 1.48. The normalized spacial score (nSPS) is 9.43. The van der Waals surface area contributed by atoms with E-state index in [1.54, 1.807) is 0 Å². The molecule has 0 saturated heterocycles. The van der Waals surface area contributed by atoms with Crippen LogP contribution in [-0.2, 0) is 4.74 Å². The van der Waals surface area contributed by atoms with Gasteiger partial charge in [0.15, 0.2) is 0 Å². The third-order valence-electron chi connectivity index (χ3n) is 0.744. The molecule has 0 saturated carbocycles. The molecular formula is C5H11OSn. The SMILES string of the molecule is CCCCO[CH2][Sn]. The fourth-order valence-electron chi connectivity index (χ4n) is 0.319. The second kappa shape index (κ2) is 6.76. The molecule has 0 atom stereocenters. The number of hydrogen-bond donors (Lipinski definition) is 0. The van der Waals surface area contributed by atoms with Crippen LogP contribution in [0, 0.1) is 0 Å². The molecule has 0 N–H and O–H groups in total. The summed E-state index contributed by atoms with van der Waals surface area (Å²) in [5, 5.41) is 0. The van der Waals surface area contributed by atoms with Crippen molar-refractivity contribution in [2.75, 3.05) is 11.2 Å². The van der Waals surface area contributed by atoms with Crippen molar-refractivity contribution in [1.29, 1.82) is 0 Å². The molecule has 0 amide bonds. The molecule has 0 aromatic rings. The Hall–Kier alpha value is 0.759.